The number of rotatable bonds is 15. The van der Waals surface area contributed by atoms with Crippen LogP contribution in [0.1, 0.15) is 61.7 Å². The fourth-order valence-corrected chi connectivity index (χ4v) is 5.31. The molecule has 0 aliphatic carbocycles. The largest absolute Gasteiger partial charge is 0.356 e. The lowest BCUT2D eigenvalue weighted by Crippen LogP contribution is -2.32. The lowest BCUT2D eigenvalue weighted by Gasteiger charge is -2.10. The van der Waals surface area contributed by atoms with Crippen LogP contribution in [-0.4, -0.2) is 92.3 Å². The minimum atomic E-state index is -0.470. The van der Waals surface area contributed by atoms with Gasteiger partial charge in [-0.15, -0.1) is 0 Å². The monoisotopic (exact) mass is 703 g/mol. The maximum Gasteiger partial charge on any atom is 0.272 e. The van der Waals surface area contributed by atoms with Crippen LogP contribution >= 0.6 is 0 Å². The molecule has 0 saturated heterocycles. The summed E-state index contributed by atoms with van der Waals surface area (Å²) in [4.78, 5) is 77.4. The van der Waals surface area contributed by atoms with Gasteiger partial charge in [0.25, 0.3) is 23.6 Å². The number of nitrogens with one attached hydrogen (secondary N) is 6. The molecule has 0 radical (unpaired) electrons. The highest BCUT2D eigenvalue weighted by Crippen LogP contribution is 2.21. The first-order chi connectivity index (χ1) is 24.1. The van der Waals surface area contributed by atoms with Crippen LogP contribution in [0.15, 0.2) is 49.1 Å². The third-order valence-electron chi connectivity index (χ3n) is 7.79. The molecule has 4 aromatic heterocycles. The van der Waals surface area contributed by atoms with E-state index in [-0.39, 0.29) is 42.1 Å². The molecule has 0 aliphatic heterocycles. The second-order valence-corrected chi connectivity index (χ2v) is 12.5. The molecule has 4 heterocycles. The van der Waals surface area contributed by atoms with E-state index in [1.165, 1.54) is 25.1 Å². The molecule has 4 rings (SSSR count). The molecule has 17 nitrogen and oxygen atoms in total. The summed E-state index contributed by atoms with van der Waals surface area (Å²) >= 11 is 0. The summed E-state index contributed by atoms with van der Waals surface area (Å²) < 4.78 is 6.26. The van der Waals surface area contributed by atoms with Crippen molar-refractivity contribution in [1.29, 1.82) is 0 Å². The molecule has 272 valence electrons. The van der Waals surface area contributed by atoms with E-state index in [1.54, 1.807) is 77.3 Å². The molecule has 6 amide bonds. The van der Waals surface area contributed by atoms with Crippen LogP contribution in [0, 0.1) is 0 Å². The molecule has 17 heteroatoms. The van der Waals surface area contributed by atoms with Gasteiger partial charge in [-0.1, -0.05) is 0 Å². The predicted molar refractivity (Wildman–Crippen MR) is 193 cm³/mol. The van der Waals surface area contributed by atoms with E-state index in [0.717, 1.165) is 13.0 Å². The highest BCUT2D eigenvalue weighted by Gasteiger charge is 2.20. The maximum atomic E-state index is 13.2. The van der Waals surface area contributed by atoms with E-state index >= 15 is 0 Å². The number of nitrogens with zero attached hydrogens (tertiary/aromatic N) is 5. The standard InChI is InChI=1S/C34H45N11O6/c1-21(46)37-22-13-27(43(5)17-22)32(49)39-24-15-29(45(7)19-24)34(51)40-25-16-28(44(6)20-25)33(50)38-23-14-26(42(4)18-23)31(48)36-11-9-30(47)35-10-8-12-41(2)3/h13-20H,8-12H2,1-7H3,(H,35,47)(H,36,48)(H,37,46)(H,38,50)(H,39,49)(H,40,51). The van der Waals surface area contributed by atoms with Crippen LogP contribution in [0.25, 0.3) is 0 Å². The number of aromatic nitrogens is 4. The average Bonchev–Trinajstić information content (AvgIpc) is 3.80. The summed E-state index contributed by atoms with van der Waals surface area (Å²) in [5.41, 5.74) is 2.72. The zero-order valence-electron chi connectivity index (χ0n) is 29.8. The third kappa shape index (κ3) is 10.2. The Hall–Kier alpha value is -6.10. The van der Waals surface area contributed by atoms with Crippen molar-refractivity contribution < 1.29 is 28.8 Å². The molecule has 0 saturated carbocycles. The zero-order chi connectivity index (χ0) is 37.4. The summed E-state index contributed by atoms with van der Waals surface area (Å²) in [7, 11) is 10.6. The molecule has 0 aliphatic rings. The number of anilines is 4. The molecule has 4 aromatic rings. The fourth-order valence-electron chi connectivity index (χ4n) is 5.31. The Kier molecular flexibility index (Phi) is 12.2. The molecule has 51 heavy (non-hydrogen) atoms. The lowest BCUT2D eigenvalue weighted by molar-refractivity contribution is -0.121. The highest BCUT2D eigenvalue weighted by molar-refractivity contribution is 6.09. The number of aryl methyl sites for hydroxylation is 4. The Morgan fingerprint density at radius 3 is 1.29 bits per heavy atom. The van der Waals surface area contributed by atoms with Crippen LogP contribution < -0.4 is 31.9 Å². The van der Waals surface area contributed by atoms with Crippen molar-refractivity contribution in [1.82, 2.24) is 33.8 Å². The first-order valence-corrected chi connectivity index (χ1v) is 16.2. The van der Waals surface area contributed by atoms with Gasteiger partial charge < -0.3 is 55.1 Å². The average molecular weight is 704 g/mol. The molecule has 0 aromatic carbocycles. The Morgan fingerprint density at radius 1 is 0.549 bits per heavy atom. The van der Waals surface area contributed by atoms with Gasteiger partial charge in [-0.25, -0.2) is 0 Å². The summed E-state index contributed by atoms with van der Waals surface area (Å²) in [5.74, 6) is -2.15. The SMILES string of the molecule is CC(=O)Nc1cc(C(=O)Nc2cc(C(=O)Nc3cc(C(=O)Nc4cc(C(=O)NCCC(=O)NCCCN(C)C)n(C)c4)n(C)c3)n(C)c2)n(C)c1. The smallest absolute Gasteiger partial charge is 0.272 e. The predicted octanol–water partition coefficient (Wildman–Crippen LogP) is 1.94. The van der Waals surface area contributed by atoms with Crippen molar-refractivity contribution in [2.24, 2.45) is 28.2 Å². The quantitative estimate of drug-likeness (QED) is 0.102. The van der Waals surface area contributed by atoms with Crippen molar-refractivity contribution in [3.05, 3.63) is 71.8 Å². The third-order valence-corrected chi connectivity index (χ3v) is 7.79. The molecule has 0 spiro atoms. The molecule has 6 N–H and O–H groups in total. The minimum absolute atomic E-state index is 0.146. The van der Waals surface area contributed by atoms with Gasteiger partial charge in [-0.2, -0.15) is 0 Å². The van der Waals surface area contributed by atoms with Gasteiger partial charge in [0.15, 0.2) is 0 Å². The van der Waals surface area contributed by atoms with Crippen molar-refractivity contribution in [3.63, 3.8) is 0 Å². The van der Waals surface area contributed by atoms with Crippen LogP contribution in [0.4, 0.5) is 22.7 Å². The van der Waals surface area contributed by atoms with Crippen LogP contribution in [0.2, 0.25) is 0 Å². The van der Waals surface area contributed by atoms with Gasteiger partial charge in [0.1, 0.15) is 22.8 Å². The fraction of sp³-hybridized carbons (Fsp3) is 0.353. The Labute approximate surface area is 295 Å². The van der Waals surface area contributed by atoms with Crippen LogP contribution in [-0.2, 0) is 37.8 Å². The maximum absolute atomic E-state index is 13.2. The topological polar surface area (TPSA) is 198 Å². The van der Waals surface area contributed by atoms with E-state index in [1.807, 2.05) is 19.0 Å². The highest BCUT2D eigenvalue weighted by atomic mass is 16.2. The zero-order valence-corrected chi connectivity index (χ0v) is 29.8. The second-order valence-electron chi connectivity index (χ2n) is 12.5. The van der Waals surface area contributed by atoms with E-state index < -0.39 is 17.7 Å². The van der Waals surface area contributed by atoms with Gasteiger partial charge >= 0.3 is 0 Å². The van der Waals surface area contributed by atoms with Gasteiger partial charge in [0, 0.05) is 79.4 Å². The summed E-state index contributed by atoms with van der Waals surface area (Å²) in [6, 6.07) is 6.12. The summed E-state index contributed by atoms with van der Waals surface area (Å²) in [5, 5.41) is 16.5. The van der Waals surface area contributed by atoms with Crippen molar-refractivity contribution in [3.8, 4) is 0 Å². The second kappa shape index (κ2) is 16.5. The lowest BCUT2D eigenvalue weighted by atomic mass is 10.3. The van der Waals surface area contributed by atoms with E-state index in [9.17, 15) is 28.8 Å². The van der Waals surface area contributed by atoms with E-state index in [2.05, 4.69) is 31.9 Å². The Morgan fingerprint density at radius 2 is 0.922 bits per heavy atom. The van der Waals surface area contributed by atoms with Crippen LogP contribution in [0.5, 0.6) is 0 Å². The molecular weight excluding hydrogens is 658 g/mol. The first kappa shape index (κ1) is 37.7. The number of amides is 6. The minimum Gasteiger partial charge on any atom is -0.356 e. The number of carbonyl (C=O) groups is 6. The summed E-state index contributed by atoms with van der Waals surface area (Å²) in [6.45, 7) is 2.97. The van der Waals surface area contributed by atoms with E-state index in [4.69, 9.17) is 0 Å². The van der Waals surface area contributed by atoms with Gasteiger partial charge in [0.2, 0.25) is 11.8 Å². The molecule has 0 atom stereocenters. The van der Waals surface area contributed by atoms with Crippen molar-refractivity contribution in [2.45, 2.75) is 19.8 Å². The Balaban J connectivity index is 1.31. The van der Waals surface area contributed by atoms with E-state index in [0.29, 0.717) is 40.7 Å². The molecule has 0 unspecified atom stereocenters. The van der Waals surface area contributed by atoms with Crippen molar-refractivity contribution >= 4 is 58.2 Å². The number of carbonyl (C=O) groups excluding carboxylic acids is 6. The normalized spacial score (nSPS) is 10.9. The van der Waals surface area contributed by atoms with Crippen molar-refractivity contribution in [2.75, 3.05) is 55.0 Å². The number of hydrogen-bond donors (Lipinski definition) is 6. The Bertz CT molecular complexity index is 1940. The summed E-state index contributed by atoms with van der Waals surface area (Å²) in [6.07, 6.45) is 7.37. The van der Waals surface area contributed by atoms with Gasteiger partial charge in [-0.05, 0) is 51.3 Å². The molecular formula is C34H45N11O6. The van der Waals surface area contributed by atoms with Gasteiger partial charge in [0.05, 0.1) is 22.7 Å². The van der Waals surface area contributed by atoms with Gasteiger partial charge in [-0.3, -0.25) is 28.8 Å². The van der Waals surface area contributed by atoms with Crippen LogP contribution in [0.3, 0.4) is 0 Å². The first-order valence-electron chi connectivity index (χ1n) is 16.2. The number of hydrogen-bond acceptors (Lipinski definition) is 7. The molecule has 0 fully saturated rings. The molecule has 0 bridgehead atoms.